The Hall–Kier alpha value is -1.91. The van der Waals surface area contributed by atoms with Crippen LogP contribution < -0.4 is 0 Å². The Morgan fingerprint density at radius 2 is 2.00 bits per heavy atom. The third-order valence-electron chi connectivity index (χ3n) is 4.14. The molecule has 4 nitrogen and oxygen atoms in total. The number of benzene rings is 1. The first-order chi connectivity index (χ1) is 10.00. The number of esters is 1. The molecule has 0 aliphatic heterocycles. The van der Waals surface area contributed by atoms with Crippen molar-refractivity contribution in [3.05, 3.63) is 29.8 Å². The number of hydrogen-bond acceptors (Lipinski definition) is 3. The van der Waals surface area contributed by atoms with Crippen LogP contribution in [0.25, 0.3) is 11.0 Å². The summed E-state index contributed by atoms with van der Waals surface area (Å²) in [4.78, 5) is 17.0. The summed E-state index contributed by atoms with van der Waals surface area (Å²) in [5.41, 5.74) is 0.574. The van der Waals surface area contributed by atoms with Crippen LogP contribution >= 0.6 is 0 Å². The van der Waals surface area contributed by atoms with Crippen LogP contribution in [-0.2, 0) is 22.0 Å². The molecule has 0 fully saturated rings. The molecule has 2 rings (SSSR count). The van der Waals surface area contributed by atoms with Crippen LogP contribution in [0.1, 0.15) is 39.4 Å². The molecule has 114 valence electrons. The minimum atomic E-state index is -0.791. The third kappa shape index (κ3) is 2.41. The number of carbonyl (C=O) groups excluding carboxylic acids is 1. The predicted octanol–water partition coefficient (Wildman–Crippen LogP) is 3.33. The van der Waals surface area contributed by atoms with Crippen molar-refractivity contribution in [2.45, 2.75) is 39.0 Å². The highest BCUT2D eigenvalue weighted by atomic mass is 19.1. The summed E-state index contributed by atoms with van der Waals surface area (Å²) in [6, 6.07) is 4.45. The summed E-state index contributed by atoms with van der Waals surface area (Å²) in [7, 11) is 1.81. The molecule has 1 aromatic carbocycles. The number of imidazole rings is 1. The largest absolute Gasteiger partial charge is 0.465 e. The number of nitrogens with zero attached hydrogens (tertiary/aromatic N) is 2. The molecule has 0 spiro atoms. The maximum atomic E-state index is 13.4. The molecule has 0 saturated carbocycles. The molecule has 21 heavy (non-hydrogen) atoms. The monoisotopic (exact) mass is 292 g/mol. The molecule has 0 bridgehead atoms. The zero-order valence-electron chi connectivity index (χ0n) is 12.9. The van der Waals surface area contributed by atoms with Crippen LogP contribution in [0.2, 0.25) is 0 Å². The minimum absolute atomic E-state index is 0.270. The average Bonchev–Trinajstić information content (AvgIpc) is 2.79. The van der Waals surface area contributed by atoms with E-state index in [0.717, 1.165) is 0 Å². The maximum Gasteiger partial charge on any atom is 0.319 e. The van der Waals surface area contributed by atoms with Crippen molar-refractivity contribution in [3.8, 4) is 0 Å². The van der Waals surface area contributed by atoms with Crippen LogP contribution in [0.3, 0.4) is 0 Å². The van der Waals surface area contributed by atoms with Gasteiger partial charge >= 0.3 is 5.97 Å². The third-order valence-corrected chi connectivity index (χ3v) is 4.14. The molecular weight excluding hydrogens is 271 g/mol. The molecule has 0 aliphatic rings. The number of hydrogen-bond donors (Lipinski definition) is 0. The van der Waals surface area contributed by atoms with E-state index >= 15 is 0 Å². The molecular formula is C16H21FN2O2. The Balaban J connectivity index is 2.65. The lowest BCUT2D eigenvalue weighted by atomic mass is 9.81. The van der Waals surface area contributed by atoms with E-state index in [1.165, 1.54) is 12.1 Å². The standard InChI is InChI=1S/C16H21FN2O2/c1-5-16(6-2,15(20)21-7-3)14-18-12-9-8-11(17)10-13(12)19(14)4/h8-10H,5-7H2,1-4H3. The molecule has 0 saturated heterocycles. The van der Waals surface area contributed by atoms with Gasteiger partial charge in [0.1, 0.15) is 17.1 Å². The van der Waals surface area contributed by atoms with Gasteiger partial charge in [-0.2, -0.15) is 0 Å². The number of aryl methyl sites for hydroxylation is 1. The number of halogens is 1. The quantitative estimate of drug-likeness (QED) is 0.794. The highest BCUT2D eigenvalue weighted by Gasteiger charge is 2.42. The fraction of sp³-hybridized carbons (Fsp3) is 0.500. The lowest BCUT2D eigenvalue weighted by Crippen LogP contribution is -2.38. The Morgan fingerprint density at radius 1 is 1.33 bits per heavy atom. The number of aromatic nitrogens is 2. The normalized spacial score (nSPS) is 11.9. The molecule has 0 unspecified atom stereocenters. The van der Waals surface area contributed by atoms with E-state index in [1.54, 1.807) is 17.6 Å². The van der Waals surface area contributed by atoms with E-state index in [4.69, 9.17) is 4.74 Å². The van der Waals surface area contributed by atoms with E-state index in [-0.39, 0.29) is 11.8 Å². The Morgan fingerprint density at radius 3 is 2.57 bits per heavy atom. The lowest BCUT2D eigenvalue weighted by Gasteiger charge is -2.28. The molecule has 5 heteroatoms. The molecule has 2 aromatic rings. The van der Waals surface area contributed by atoms with Crippen LogP contribution in [0.15, 0.2) is 18.2 Å². The highest BCUT2D eigenvalue weighted by molar-refractivity contribution is 5.84. The van der Waals surface area contributed by atoms with Crippen LogP contribution in [0.4, 0.5) is 4.39 Å². The number of rotatable bonds is 5. The van der Waals surface area contributed by atoms with Gasteiger partial charge in [-0.1, -0.05) is 13.8 Å². The summed E-state index contributed by atoms with van der Waals surface area (Å²) in [6.07, 6.45) is 1.17. The van der Waals surface area contributed by atoms with Gasteiger partial charge < -0.3 is 9.30 Å². The van der Waals surface area contributed by atoms with Crippen molar-refractivity contribution in [2.24, 2.45) is 7.05 Å². The van der Waals surface area contributed by atoms with Crippen molar-refractivity contribution in [2.75, 3.05) is 6.61 Å². The number of ether oxygens (including phenoxy) is 1. The Labute approximate surface area is 123 Å². The zero-order valence-corrected chi connectivity index (χ0v) is 12.9. The summed E-state index contributed by atoms with van der Waals surface area (Å²) in [5, 5.41) is 0. The van der Waals surface area contributed by atoms with Gasteiger partial charge in [-0.15, -0.1) is 0 Å². The lowest BCUT2D eigenvalue weighted by molar-refractivity contribution is -0.151. The van der Waals surface area contributed by atoms with E-state index in [2.05, 4.69) is 4.98 Å². The molecule has 0 aliphatic carbocycles. The summed E-state index contributed by atoms with van der Waals surface area (Å²) >= 11 is 0. The van der Waals surface area contributed by atoms with Crippen molar-refractivity contribution in [1.29, 1.82) is 0 Å². The highest BCUT2D eigenvalue weighted by Crippen LogP contribution is 2.34. The number of carbonyl (C=O) groups is 1. The second-order valence-corrected chi connectivity index (χ2v) is 5.14. The summed E-state index contributed by atoms with van der Waals surface area (Å²) in [6.45, 7) is 6.01. The molecule has 1 aromatic heterocycles. The minimum Gasteiger partial charge on any atom is -0.465 e. The maximum absolute atomic E-state index is 13.4. The Kier molecular flexibility index (Phi) is 4.30. The van der Waals surface area contributed by atoms with Gasteiger partial charge in [0.05, 0.1) is 17.6 Å². The van der Waals surface area contributed by atoms with Crippen LogP contribution in [0, 0.1) is 5.82 Å². The smallest absolute Gasteiger partial charge is 0.319 e. The van der Waals surface area contributed by atoms with Gasteiger partial charge in [0.25, 0.3) is 0 Å². The second-order valence-electron chi connectivity index (χ2n) is 5.14. The van der Waals surface area contributed by atoms with Gasteiger partial charge in [-0.25, -0.2) is 9.37 Å². The first kappa shape index (κ1) is 15.5. The molecule has 0 N–H and O–H groups in total. The van der Waals surface area contributed by atoms with Gasteiger partial charge in [0, 0.05) is 7.05 Å². The van der Waals surface area contributed by atoms with Crippen molar-refractivity contribution >= 4 is 17.0 Å². The Bertz CT molecular complexity index is 660. The molecule has 0 atom stereocenters. The fourth-order valence-electron chi connectivity index (χ4n) is 2.81. The second kappa shape index (κ2) is 5.84. The van der Waals surface area contributed by atoms with Gasteiger partial charge in [-0.05, 0) is 38.0 Å². The van der Waals surface area contributed by atoms with Gasteiger partial charge in [0.2, 0.25) is 0 Å². The summed E-state index contributed by atoms with van der Waals surface area (Å²) in [5.74, 6) is 0.0483. The molecule has 0 amide bonds. The molecule has 0 radical (unpaired) electrons. The zero-order chi connectivity index (χ0) is 15.6. The van der Waals surface area contributed by atoms with Gasteiger partial charge in [-0.3, -0.25) is 4.79 Å². The first-order valence-electron chi connectivity index (χ1n) is 7.29. The molecule has 1 heterocycles. The van der Waals surface area contributed by atoms with Crippen LogP contribution in [-0.4, -0.2) is 22.1 Å². The van der Waals surface area contributed by atoms with Crippen molar-refractivity contribution < 1.29 is 13.9 Å². The van der Waals surface area contributed by atoms with Crippen molar-refractivity contribution in [3.63, 3.8) is 0 Å². The fourth-order valence-corrected chi connectivity index (χ4v) is 2.81. The number of fused-ring (bicyclic) bond motifs is 1. The summed E-state index contributed by atoms with van der Waals surface area (Å²) < 4.78 is 20.5. The predicted molar refractivity (Wildman–Crippen MR) is 79.6 cm³/mol. The first-order valence-corrected chi connectivity index (χ1v) is 7.29. The SMILES string of the molecule is CCOC(=O)C(CC)(CC)c1nc2ccc(F)cc2n1C. The van der Waals surface area contributed by atoms with Crippen molar-refractivity contribution in [1.82, 2.24) is 9.55 Å². The van der Waals surface area contributed by atoms with E-state index in [0.29, 0.717) is 36.3 Å². The van der Waals surface area contributed by atoms with Crippen LogP contribution in [0.5, 0.6) is 0 Å². The topological polar surface area (TPSA) is 44.1 Å². The van der Waals surface area contributed by atoms with E-state index < -0.39 is 5.41 Å². The van der Waals surface area contributed by atoms with E-state index in [1.807, 2.05) is 20.9 Å². The van der Waals surface area contributed by atoms with E-state index in [9.17, 15) is 9.18 Å². The average molecular weight is 292 g/mol. The van der Waals surface area contributed by atoms with Gasteiger partial charge in [0.15, 0.2) is 0 Å².